The summed E-state index contributed by atoms with van der Waals surface area (Å²) < 4.78 is 5.25. The van der Waals surface area contributed by atoms with Gasteiger partial charge in [-0.25, -0.2) is 9.97 Å². The third-order valence-corrected chi connectivity index (χ3v) is 1.42. The average molecular weight is 182 g/mol. The van der Waals surface area contributed by atoms with E-state index in [1.54, 1.807) is 0 Å². The quantitative estimate of drug-likeness (QED) is 0.710. The number of nitrogens with zero attached hydrogens (tertiary/aromatic N) is 3. The van der Waals surface area contributed by atoms with Crippen LogP contribution in [0.4, 0.5) is 5.69 Å². The maximum Gasteiger partial charge on any atom is 0.316 e. The maximum absolute atomic E-state index is 5.41. The number of ether oxygens (including phenoxy) is 1. The molecule has 1 aromatic heterocycles. The highest BCUT2D eigenvalue weighted by Crippen LogP contribution is 2.02. The molecule has 0 aliphatic heterocycles. The van der Waals surface area contributed by atoms with Crippen molar-refractivity contribution in [2.24, 2.45) is 0 Å². The van der Waals surface area contributed by atoms with Crippen LogP contribution in [0.5, 0.6) is 6.01 Å². The molecule has 0 spiro atoms. The van der Waals surface area contributed by atoms with Crippen molar-refractivity contribution < 1.29 is 4.74 Å². The average Bonchev–Trinajstić information content (AvgIpc) is 2.08. The van der Waals surface area contributed by atoms with E-state index in [1.807, 2.05) is 19.0 Å². The van der Waals surface area contributed by atoms with Crippen molar-refractivity contribution in [1.29, 1.82) is 0 Å². The number of likely N-dealkylation sites (N-methyl/N-ethyl adjacent to an activating group) is 1. The van der Waals surface area contributed by atoms with Gasteiger partial charge in [-0.3, -0.25) is 0 Å². The number of nitrogen functional groups attached to an aromatic ring is 1. The number of hydrogen-bond donors (Lipinski definition) is 1. The fourth-order valence-corrected chi connectivity index (χ4v) is 0.720. The van der Waals surface area contributed by atoms with Gasteiger partial charge in [0, 0.05) is 6.54 Å². The van der Waals surface area contributed by atoms with Crippen LogP contribution < -0.4 is 10.5 Å². The molecule has 0 atom stereocenters. The van der Waals surface area contributed by atoms with E-state index >= 15 is 0 Å². The van der Waals surface area contributed by atoms with Crippen LogP contribution >= 0.6 is 0 Å². The molecular formula is C8H14N4O. The van der Waals surface area contributed by atoms with Crippen molar-refractivity contribution in [1.82, 2.24) is 14.9 Å². The second-order valence-corrected chi connectivity index (χ2v) is 2.95. The minimum atomic E-state index is 0.371. The van der Waals surface area contributed by atoms with Gasteiger partial charge in [-0.2, -0.15) is 0 Å². The Hall–Kier alpha value is -1.36. The molecule has 5 nitrogen and oxygen atoms in total. The van der Waals surface area contributed by atoms with Crippen molar-refractivity contribution in [3.8, 4) is 6.01 Å². The van der Waals surface area contributed by atoms with Gasteiger partial charge in [0.1, 0.15) is 6.61 Å². The van der Waals surface area contributed by atoms with Crippen LogP contribution in [0.3, 0.4) is 0 Å². The number of aromatic nitrogens is 2. The normalized spacial score (nSPS) is 10.4. The molecule has 0 bridgehead atoms. The van der Waals surface area contributed by atoms with Gasteiger partial charge in [-0.15, -0.1) is 0 Å². The first-order valence-corrected chi connectivity index (χ1v) is 4.03. The third-order valence-electron chi connectivity index (χ3n) is 1.42. The topological polar surface area (TPSA) is 64.3 Å². The van der Waals surface area contributed by atoms with Crippen molar-refractivity contribution >= 4 is 5.69 Å². The van der Waals surface area contributed by atoms with Crippen LogP contribution in [0.1, 0.15) is 0 Å². The monoisotopic (exact) mass is 182 g/mol. The van der Waals surface area contributed by atoms with Crippen molar-refractivity contribution in [2.45, 2.75) is 0 Å². The Labute approximate surface area is 77.5 Å². The van der Waals surface area contributed by atoms with E-state index in [0.717, 1.165) is 6.54 Å². The lowest BCUT2D eigenvalue weighted by Crippen LogP contribution is -2.20. The van der Waals surface area contributed by atoms with Gasteiger partial charge in [0.25, 0.3) is 0 Å². The van der Waals surface area contributed by atoms with E-state index < -0.39 is 0 Å². The molecule has 0 saturated heterocycles. The third kappa shape index (κ3) is 3.71. The highest BCUT2D eigenvalue weighted by Gasteiger charge is 1.96. The first kappa shape index (κ1) is 9.73. The Morgan fingerprint density at radius 3 is 2.54 bits per heavy atom. The summed E-state index contributed by atoms with van der Waals surface area (Å²) in [6, 6.07) is 0.371. The second-order valence-electron chi connectivity index (χ2n) is 2.95. The van der Waals surface area contributed by atoms with Crippen LogP contribution in [-0.2, 0) is 0 Å². The lowest BCUT2D eigenvalue weighted by Gasteiger charge is -2.09. The standard InChI is InChI=1S/C8H14N4O/c1-12(2)3-4-13-8-10-5-7(9)6-11-8/h5-6H,3-4,9H2,1-2H3. The molecular weight excluding hydrogens is 168 g/mol. The molecule has 0 aromatic carbocycles. The van der Waals surface area contributed by atoms with Gasteiger partial charge in [-0.1, -0.05) is 0 Å². The van der Waals surface area contributed by atoms with E-state index in [2.05, 4.69) is 9.97 Å². The molecule has 13 heavy (non-hydrogen) atoms. The fourth-order valence-electron chi connectivity index (χ4n) is 0.720. The van der Waals surface area contributed by atoms with E-state index in [-0.39, 0.29) is 0 Å². The molecule has 0 saturated carbocycles. The smallest absolute Gasteiger partial charge is 0.316 e. The Balaban J connectivity index is 2.33. The number of anilines is 1. The number of nitrogens with two attached hydrogens (primary N) is 1. The van der Waals surface area contributed by atoms with Crippen molar-refractivity contribution in [3.05, 3.63) is 12.4 Å². The van der Waals surface area contributed by atoms with Crippen LogP contribution in [0.15, 0.2) is 12.4 Å². The number of hydrogen-bond acceptors (Lipinski definition) is 5. The van der Waals surface area contributed by atoms with Gasteiger partial charge in [-0.05, 0) is 14.1 Å². The Morgan fingerprint density at radius 1 is 1.38 bits per heavy atom. The summed E-state index contributed by atoms with van der Waals surface area (Å²) in [5, 5.41) is 0. The van der Waals surface area contributed by atoms with Gasteiger partial charge < -0.3 is 15.4 Å². The predicted molar refractivity (Wildman–Crippen MR) is 50.5 cm³/mol. The van der Waals surface area contributed by atoms with Crippen LogP contribution in [0.2, 0.25) is 0 Å². The lowest BCUT2D eigenvalue weighted by atomic mass is 10.6. The summed E-state index contributed by atoms with van der Waals surface area (Å²) in [5.41, 5.74) is 5.96. The van der Waals surface area contributed by atoms with Crippen molar-refractivity contribution in [2.75, 3.05) is 33.0 Å². The highest BCUT2D eigenvalue weighted by atomic mass is 16.5. The summed E-state index contributed by atoms with van der Waals surface area (Å²) in [6.45, 7) is 1.42. The lowest BCUT2D eigenvalue weighted by molar-refractivity contribution is 0.245. The predicted octanol–water partition coefficient (Wildman–Crippen LogP) is -0.000800. The summed E-state index contributed by atoms with van der Waals surface area (Å²) >= 11 is 0. The molecule has 0 fully saturated rings. The zero-order chi connectivity index (χ0) is 9.68. The molecule has 5 heteroatoms. The first-order valence-electron chi connectivity index (χ1n) is 4.03. The molecule has 0 amide bonds. The maximum atomic E-state index is 5.41. The van der Waals surface area contributed by atoms with Crippen LogP contribution in [0, 0.1) is 0 Å². The van der Waals surface area contributed by atoms with Crippen LogP contribution in [-0.4, -0.2) is 42.1 Å². The minimum absolute atomic E-state index is 0.371. The molecule has 0 aliphatic rings. The molecule has 1 aromatic rings. The molecule has 0 unspecified atom stereocenters. The molecule has 1 rings (SSSR count). The van der Waals surface area contributed by atoms with E-state index in [1.165, 1.54) is 12.4 Å². The van der Waals surface area contributed by atoms with Gasteiger partial charge in [0.15, 0.2) is 0 Å². The van der Waals surface area contributed by atoms with E-state index in [9.17, 15) is 0 Å². The zero-order valence-corrected chi connectivity index (χ0v) is 7.90. The largest absolute Gasteiger partial charge is 0.462 e. The SMILES string of the molecule is CN(C)CCOc1ncc(N)cn1. The molecule has 2 N–H and O–H groups in total. The Kier molecular flexibility index (Phi) is 3.45. The van der Waals surface area contributed by atoms with Crippen molar-refractivity contribution in [3.63, 3.8) is 0 Å². The first-order chi connectivity index (χ1) is 6.18. The summed E-state index contributed by atoms with van der Waals surface area (Å²) in [5.74, 6) is 0. The highest BCUT2D eigenvalue weighted by molar-refractivity contribution is 5.30. The van der Waals surface area contributed by atoms with Gasteiger partial charge >= 0.3 is 6.01 Å². The van der Waals surface area contributed by atoms with E-state index in [0.29, 0.717) is 18.3 Å². The Morgan fingerprint density at radius 2 is 2.00 bits per heavy atom. The minimum Gasteiger partial charge on any atom is -0.462 e. The van der Waals surface area contributed by atoms with Gasteiger partial charge in [0.05, 0.1) is 18.1 Å². The fraction of sp³-hybridized carbons (Fsp3) is 0.500. The number of rotatable bonds is 4. The summed E-state index contributed by atoms with van der Waals surface area (Å²) in [7, 11) is 3.96. The van der Waals surface area contributed by atoms with Crippen LogP contribution in [0.25, 0.3) is 0 Å². The molecule has 72 valence electrons. The van der Waals surface area contributed by atoms with Gasteiger partial charge in [0.2, 0.25) is 0 Å². The molecule has 1 heterocycles. The van der Waals surface area contributed by atoms with E-state index in [4.69, 9.17) is 10.5 Å². The second kappa shape index (κ2) is 4.61. The zero-order valence-electron chi connectivity index (χ0n) is 7.90. The summed E-state index contributed by atoms with van der Waals surface area (Å²) in [4.78, 5) is 9.82. The molecule has 0 radical (unpaired) electrons. The molecule has 0 aliphatic carbocycles. The Bertz CT molecular complexity index is 247. The summed E-state index contributed by atoms with van der Waals surface area (Å²) in [6.07, 6.45) is 3.05.